The molecule has 0 spiro atoms. The van der Waals surface area contributed by atoms with Crippen LogP contribution in [0.15, 0.2) is 24.3 Å². The van der Waals surface area contributed by atoms with E-state index >= 15 is 0 Å². The van der Waals surface area contributed by atoms with Crippen LogP contribution >= 0.6 is 0 Å². The molecule has 0 bridgehead atoms. The molecule has 1 saturated carbocycles. The molecule has 3 rings (SSSR count). The zero-order chi connectivity index (χ0) is 17.9. The minimum absolute atomic E-state index is 0.0968. The lowest BCUT2D eigenvalue weighted by Gasteiger charge is -2.32. The number of piperidine rings is 1. The fourth-order valence-corrected chi connectivity index (χ4v) is 3.34. The summed E-state index contributed by atoms with van der Waals surface area (Å²) in [4.78, 5) is 25.8. The average molecular weight is 345 g/mol. The largest absolute Gasteiger partial charge is 0.450 e. The summed E-state index contributed by atoms with van der Waals surface area (Å²) in [5.74, 6) is 0. The Bertz CT molecular complexity index is 617. The van der Waals surface area contributed by atoms with E-state index in [9.17, 15) is 9.59 Å². The first-order valence-corrected chi connectivity index (χ1v) is 9.10. The molecule has 6 nitrogen and oxygen atoms in total. The predicted molar refractivity (Wildman–Crippen MR) is 95.4 cm³/mol. The molecule has 25 heavy (non-hydrogen) atoms. The van der Waals surface area contributed by atoms with E-state index in [1.165, 1.54) is 11.1 Å². The molecule has 1 aliphatic heterocycles. The van der Waals surface area contributed by atoms with Crippen LogP contribution in [0, 0.1) is 6.92 Å². The first kappa shape index (κ1) is 17.6. The first-order valence-electron chi connectivity index (χ1n) is 9.10. The number of nitrogens with zero attached hydrogens (tertiary/aromatic N) is 1. The molecule has 1 heterocycles. The third-order valence-electron chi connectivity index (χ3n) is 5.06. The third-order valence-corrected chi connectivity index (χ3v) is 5.06. The highest BCUT2D eigenvalue weighted by Gasteiger charge is 2.45. The molecular weight excluding hydrogens is 318 g/mol. The van der Waals surface area contributed by atoms with Crippen molar-refractivity contribution in [3.05, 3.63) is 35.4 Å². The molecule has 6 heteroatoms. The lowest BCUT2D eigenvalue weighted by Crippen LogP contribution is -2.51. The number of ether oxygens (including phenoxy) is 1. The van der Waals surface area contributed by atoms with E-state index in [1.807, 2.05) is 0 Å². The summed E-state index contributed by atoms with van der Waals surface area (Å²) in [6, 6.07) is 8.34. The van der Waals surface area contributed by atoms with Crippen molar-refractivity contribution in [3.63, 3.8) is 0 Å². The van der Waals surface area contributed by atoms with Gasteiger partial charge in [-0.2, -0.15) is 0 Å². The number of nitrogens with one attached hydrogen (secondary N) is 2. The Hall–Kier alpha value is -2.24. The standard InChI is InChI=1S/C19H27N3O3/c1-3-25-18(24)22-12-8-16(9-13-22)20-17(23)21-19(10-11-19)15-6-4-14(2)5-7-15/h4-7,16H,3,8-13H2,1-2H3,(H2,20,21,23). The van der Waals surface area contributed by atoms with Crippen LogP contribution in [0.4, 0.5) is 9.59 Å². The van der Waals surface area contributed by atoms with Gasteiger partial charge in [-0.1, -0.05) is 29.8 Å². The molecule has 136 valence electrons. The Morgan fingerprint density at radius 2 is 1.84 bits per heavy atom. The van der Waals surface area contributed by atoms with Gasteiger partial charge >= 0.3 is 12.1 Å². The molecular formula is C19H27N3O3. The Balaban J connectivity index is 1.47. The minimum atomic E-state index is -0.262. The van der Waals surface area contributed by atoms with Gasteiger partial charge in [-0.05, 0) is 45.1 Å². The highest BCUT2D eigenvalue weighted by Crippen LogP contribution is 2.45. The molecule has 0 unspecified atom stereocenters. The van der Waals surface area contributed by atoms with Gasteiger partial charge in [0.15, 0.2) is 0 Å². The molecule has 1 aliphatic carbocycles. The zero-order valence-electron chi connectivity index (χ0n) is 15.0. The van der Waals surface area contributed by atoms with E-state index in [-0.39, 0.29) is 23.7 Å². The third kappa shape index (κ3) is 4.24. The SMILES string of the molecule is CCOC(=O)N1CCC(NC(=O)NC2(c3ccc(C)cc3)CC2)CC1. The van der Waals surface area contributed by atoms with E-state index in [0.29, 0.717) is 19.7 Å². The predicted octanol–water partition coefficient (Wildman–Crippen LogP) is 2.90. The van der Waals surface area contributed by atoms with E-state index in [4.69, 9.17) is 4.74 Å². The topological polar surface area (TPSA) is 70.7 Å². The molecule has 0 radical (unpaired) electrons. The van der Waals surface area contributed by atoms with Gasteiger partial charge in [0.1, 0.15) is 0 Å². The highest BCUT2D eigenvalue weighted by molar-refractivity contribution is 5.76. The number of hydrogen-bond donors (Lipinski definition) is 2. The van der Waals surface area contributed by atoms with Gasteiger partial charge in [0.25, 0.3) is 0 Å². The van der Waals surface area contributed by atoms with Crippen LogP contribution in [0.3, 0.4) is 0 Å². The number of carbonyl (C=O) groups is 2. The number of amides is 3. The Morgan fingerprint density at radius 1 is 1.20 bits per heavy atom. The maximum atomic E-state index is 12.4. The maximum absolute atomic E-state index is 12.4. The molecule has 0 atom stereocenters. The molecule has 2 aliphatic rings. The maximum Gasteiger partial charge on any atom is 0.409 e. The number of rotatable bonds is 4. The summed E-state index contributed by atoms with van der Waals surface area (Å²) in [5.41, 5.74) is 2.19. The zero-order valence-corrected chi connectivity index (χ0v) is 15.0. The Labute approximate surface area is 148 Å². The second-order valence-corrected chi connectivity index (χ2v) is 7.01. The van der Waals surface area contributed by atoms with Crippen LogP contribution in [0.1, 0.15) is 43.7 Å². The van der Waals surface area contributed by atoms with Crippen LogP contribution < -0.4 is 10.6 Å². The van der Waals surface area contributed by atoms with Gasteiger partial charge in [0.05, 0.1) is 12.1 Å². The monoisotopic (exact) mass is 345 g/mol. The summed E-state index contributed by atoms with van der Waals surface area (Å²) in [6.07, 6.45) is 3.20. The van der Waals surface area contributed by atoms with Crippen molar-refractivity contribution in [2.45, 2.75) is 51.1 Å². The van der Waals surface area contributed by atoms with Gasteiger partial charge in [0, 0.05) is 19.1 Å². The van der Waals surface area contributed by atoms with E-state index in [1.54, 1.807) is 11.8 Å². The Kier molecular flexibility index (Phi) is 5.16. The number of hydrogen-bond acceptors (Lipinski definition) is 3. The molecule has 1 saturated heterocycles. The van der Waals surface area contributed by atoms with Gasteiger partial charge in [-0.15, -0.1) is 0 Å². The number of urea groups is 1. The van der Waals surface area contributed by atoms with Gasteiger partial charge < -0.3 is 20.3 Å². The number of carbonyl (C=O) groups excluding carboxylic acids is 2. The lowest BCUT2D eigenvalue weighted by atomic mass is 10.0. The van der Waals surface area contributed by atoms with Crippen molar-refractivity contribution >= 4 is 12.1 Å². The van der Waals surface area contributed by atoms with Gasteiger partial charge in [-0.25, -0.2) is 9.59 Å². The smallest absolute Gasteiger partial charge is 0.409 e. The van der Waals surface area contributed by atoms with E-state index < -0.39 is 0 Å². The number of benzene rings is 1. The summed E-state index contributed by atoms with van der Waals surface area (Å²) in [5, 5.41) is 6.21. The van der Waals surface area contributed by atoms with E-state index in [0.717, 1.165) is 25.7 Å². The molecule has 2 N–H and O–H groups in total. The van der Waals surface area contributed by atoms with Gasteiger partial charge in [-0.3, -0.25) is 0 Å². The average Bonchev–Trinajstić information content (AvgIpc) is 3.36. The Morgan fingerprint density at radius 3 is 2.40 bits per heavy atom. The fourth-order valence-electron chi connectivity index (χ4n) is 3.34. The summed E-state index contributed by atoms with van der Waals surface area (Å²) in [6.45, 7) is 5.49. The van der Waals surface area contributed by atoms with Gasteiger partial charge in [0.2, 0.25) is 0 Å². The highest BCUT2D eigenvalue weighted by atomic mass is 16.6. The normalized spacial score (nSPS) is 19.2. The summed E-state index contributed by atoms with van der Waals surface area (Å²) < 4.78 is 5.02. The van der Waals surface area contributed by atoms with E-state index in [2.05, 4.69) is 41.8 Å². The minimum Gasteiger partial charge on any atom is -0.450 e. The second-order valence-electron chi connectivity index (χ2n) is 7.01. The van der Waals surface area contributed by atoms with Crippen molar-refractivity contribution < 1.29 is 14.3 Å². The van der Waals surface area contributed by atoms with Crippen LogP contribution in [0.25, 0.3) is 0 Å². The lowest BCUT2D eigenvalue weighted by molar-refractivity contribution is 0.0957. The quantitative estimate of drug-likeness (QED) is 0.881. The second kappa shape index (κ2) is 7.33. The molecule has 3 amide bonds. The van der Waals surface area contributed by atoms with Crippen molar-refractivity contribution in [1.82, 2.24) is 15.5 Å². The number of likely N-dealkylation sites (tertiary alicyclic amines) is 1. The van der Waals surface area contributed by atoms with Crippen molar-refractivity contribution in [3.8, 4) is 0 Å². The molecule has 2 fully saturated rings. The molecule has 0 aromatic heterocycles. The summed E-state index contributed by atoms with van der Waals surface area (Å²) in [7, 11) is 0. The van der Waals surface area contributed by atoms with Crippen LogP contribution in [-0.2, 0) is 10.3 Å². The molecule has 1 aromatic rings. The first-order chi connectivity index (χ1) is 12.0. The fraction of sp³-hybridized carbons (Fsp3) is 0.579. The van der Waals surface area contributed by atoms with Crippen LogP contribution in [0.5, 0.6) is 0 Å². The number of aryl methyl sites for hydroxylation is 1. The van der Waals surface area contributed by atoms with Crippen molar-refractivity contribution in [2.24, 2.45) is 0 Å². The summed E-state index contributed by atoms with van der Waals surface area (Å²) >= 11 is 0. The molecule has 1 aromatic carbocycles. The van der Waals surface area contributed by atoms with Crippen LogP contribution in [-0.4, -0.2) is 42.8 Å². The van der Waals surface area contributed by atoms with Crippen molar-refractivity contribution in [2.75, 3.05) is 19.7 Å². The van der Waals surface area contributed by atoms with Crippen molar-refractivity contribution in [1.29, 1.82) is 0 Å². The van der Waals surface area contributed by atoms with Crippen LogP contribution in [0.2, 0.25) is 0 Å².